The third-order valence-corrected chi connectivity index (χ3v) is 3.81. The van der Waals surface area contributed by atoms with E-state index < -0.39 is 0 Å². The van der Waals surface area contributed by atoms with E-state index in [4.69, 9.17) is 10.5 Å². The quantitative estimate of drug-likeness (QED) is 0.762. The van der Waals surface area contributed by atoms with Crippen LogP contribution in [0.15, 0.2) is 18.2 Å². The maximum absolute atomic E-state index is 12.1. The molecule has 1 aliphatic heterocycles. The van der Waals surface area contributed by atoms with Crippen molar-refractivity contribution in [1.29, 1.82) is 0 Å². The molecule has 6 nitrogen and oxygen atoms in total. The van der Waals surface area contributed by atoms with Crippen molar-refractivity contribution < 1.29 is 9.53 Å². The molecule has 1 aliphatic rings. The summed E-state index contributed by atoms with van der Waals surface area (Å²) in [5, 5.41) is 2.94. The number of piperazine rings is 1. The molecule has 0 atom stereocenters. The standard InChI is InChI=1S/C15H24N4O2/c1-18-7-9-19(10-8-18)6-5-17-15(20)12-3-4-13(16)14(11-12)21-2/h3-4,11H,5-10,16H2,1-2H3,(H,17,20). The number of hydrogen-bond donors (Lipinski definition) is 2. The van der Waals surface area contributed by atoms with Gasteiger partial charge in [0.1, 0.15) is 5.75 Å². The van der Waals surface area contributed by atoms with Crippen LogP contribution < -0.4 is 15.8 Å². The van der Waals surface area contributed by atoms with E-state index in [0.717, 1.165) is 32.7 Å². The van der Waals surface area contributed by atoms with Crippen molar-refractivity contribution in [1.82, 2.24) is 15.1 Å². The van der Waals surface area contributed by atoms with Crippen molar-refractivity contribution in [3.05, 3.63) is 23.8 Å². The number of likely N-dealkylation sites (N-methyl/N-ethyl adjacent to an activating group) is 1. The van der Waals surface area contributed by atoms with E-state index >= 15 is 0 Å². The van der Waals surface area contributed by atoms with E-state index in [1.165, 1.54) is 0 Å². The van der Waals surface area contributed by atoms with Gasteiger partial charge < -0.3 is 20.7 Å². The fourth-order valence-electron chi connectivity index (χ4n) is 2.35. The molecule has 1 aromatic carbocycles. The van der Waals surface area contributed by atoms with Crippen LogP contribution in [0.3, 0.4) is 0 Å². The number of nitrogen functional groups attached to an aromatic ring is 1. The van der Waals surface area contributed by atoms with Crippen molar-refractivity contribution in [2.45, 2.75) is 0 Å². The number of nitrogens with zero attached hydrogens (tertiary/aromatic N) is 2. The van der Waals surface area contributed by atoms with E-state index in [9.17, 15) is 4.79 Å². The zero-order valence-corrected chi connectivity index (χ0v) is 12.8. The van der Waals surface area contributed by atoms with Gasteiger partial charge in [-0.2, -0.15) is 0 Å². The van der Waals surface area contributed by atoms with Crippen LogP contribution in [0.1, 0.15) is 10.4 Å². The zero-order chi connectivity index (χ0) is 15.2. The maximum Gasteiger partial charge on any atom is 0.251 e. The lowest BCUT2D eigenvalue weighted by molar-refractivity contribution is 0.0940. The molecule has 21 heavy (non-hydrogen) atoms. The summed E-state index contributed by atoms with van der Waals surface area (Å²) in [5.74, 6) is 0.434. The molecule has 2 rings (SSSR count). The maximum atomic E-state index is 12.1. The Morgan fingerprint density at radius 2 is 2.05 bits per heavy atom. The van der Waals surface area contributed by atoms with Crippen LogP contribution in [0, 0.1) is 0 Å². The van der Waals surface area contributed by atoms with Gasteiger partial charge in [-0.3, -0.25) is 9.69 Å². The first-order chi connectivity index (χ1) is 10.1. The van der Waals surface area contributed by atoms with Crippen LogP contribution in [0.2, 0.25) is 0 Å². The Morgan fingerprint density at radius 3 is 2.71 bits per heavy atom. The van der Waals surface area contributed by atoms with Gasteiger partial charge in [0.2, 0.25) is 0 Å². The Morgan fingerprint density at radius 1 is 1.33 bits per heavy atom. The first-order valence-electron chi connectivity index (χ1n) is 7.23. The van der Waals surface area contributed by atoms with Crippen LogP contribution in [-0.2, 0) is 0 Å². The molecule has 1 amide bonds. The fraction of sp³-hybridized carbons (Fsp3) is 0.533. The van der Waals surface area contributed by atoms with Gasteiger partial charge in [0, 0.05) is 44.8 Å². The highest BCUT2D eigenvalue weighted by atomic mass is 16.5. The van der Waals surface area contributed by atoms with E-state index in [0.29, 0.717) is 23.5 Å². The highest BCUT2D eigenvalue weighted by molar-refractivity contribution is 5.95. The minimum atomic E-state index is -0.0950. The molecule has 0 aromatic heterocycles. The van der Waals surface area contributed by atoms with E-state index in [-0.39, 0.29) is 5.91 Å². The highest BCUT2D eigenvalue weighted by Gasteiger charge is 2.14. The molecule has 3 N–H and O–H groups in total. The molecule has 0 saturated carbocycles. The minimum Gasteiger partial charge on any atom is -0.495 e. The Balaban J connectivity index is 1.79. The van der Waals surface area contributed by atoms with Crippen molar-refractivity contribution in [3.63, 3.8) is 0 Å². The number of hydrogen-bond acceptors (Lipinski definition) is 5. The molecule has 1 fully saturated rings. The molecule has 0 radical (unpaired) electrons. The van der Waals surface area contributed by atoms with Gasteiger partial charge in [-0.1, -0.05) is 0 Å². The Kier molecular flexibility index (Phi) is 5.41. The number of ether oxygens (including phenoxy) is 1. The second-order valence-electron chi connectivity index (χ2n) is 5.36. The Bertz CT molecular complexity index is 485. The van der Waals surface area contributed by atoms with E-state index in [1.54, 1.807) is 25.3 Å². The summed E-state index contributed by atoms with van der Waals surface area (Å²) in [4.78, 5) is 16.8. The molecule has 0 unspecified atom stereocenters. The van der Waals surface area contributed by atoms with Crippen molar-refractivity contribution in [2.24, 2.45) is 0 Å². The largest absolute Gasteiger partial charge is 0.495 e. The third kappa shape index (κ3) is 4.34. The lowest BCUT2D eigenvalue weighted by Gasteiger charge is -2.32. The van der Waals surface area contributed by atoms with Crippen LogP contribution in [0.25, 0.3) is 0 Å². The zero-order valence-electron chi connectivity index (χ0n) is 12.8. The van der Waals surface area contributed by atoms with Crippen molar-refractivity contribution in [2.75, 3.05) is 59.2 Å². The predicted octanol–water partition coefficient (Wildman–Crippen LogP) is 0.255. The van der Waals surface area contributed by atoms with E-state index in [1.807, 2.05) is 0 Å². The molecule has 1 aromatic rings. The average Bonchev–Trinajstić information content (AvgIpc) is 2.49. The second-order valence-corrected chi connectivity index (χ2v) is 5.36. The van der Waals surface area contributed by atoms with Gasteiger partial charge in [0.15, 0.2) is 0 Å². The molecule has 0 bridgehead atoms. The lowest BCUT2D eigenvalue weighted by atomic mass is 10.2. The Labute approximate surface area is 125 Å². The molecule has 0 aliphatic carbocycles. The second kappa shape index (κ2) is 7.28. The summed E-state index contributed by atoms with van der Waals surface area (Å²) >= 11 is 0. The van der Waals surface area contributed by atoms with Crippen molar-refractivity contribution >= 4 is 11.6 Å². The number of amides is 1. The van der Waals surface area contributed by atoms with Crippen LogP contribution in [0.4, 0.5) is 5.69 Å². The monoisotopic (exact) mass is 292 g/mol. The van der Waals surface area contributed by atoms with Gasteiger partial charge in [0.05, 0.1) is 12.8 Å². The number of carbonyl (C=O) groups excluding carboxylic acids is 1. The minimum absolute atomic E-state index is 0.0950. The average molecular weight is 292 g/mol. The van der Waals surface area contributed by atoms with Crippen LogP contribution >= 0.6 is 0 Å². The molecule has 6 heteroatoms. The summed E-state index contributed by atoms with van der Waals surface area (Å²) in [5.41, 5.74) is 6.84. The summed E-state index contributed by atoms with van der Waals surface area (Å²) in [6.45, 7) is 5.82. The number of nitrogens with two attached hydrogens (primary N) is 1. The summed E-state index contributed by atoms with van der Waals surface area (Å²) in [6.07, 6.45) is 0. The van der Waals surface area contributed by atoms with Gasteiger partial charge in [-0.25, -0.2) is 0 Å². The number of benzene rings is 1. The van der Waals surface area contributed by atoms with Crippen LogP contribution in [0.5, 0.6) is 5.75 Å². The number of rotatable bonds is 5. The molecular formula is C15H24N4O2. The number of carbonyl (C=O) groups is 1. The molecule has 1 saturated heterocycles. The fourth-order valence-corrected chi connectivity index (χ4v) is 2.35. The normalized spacial score (nSPS) is 16.7. The smallest absolute Gasteiger partial charge is 0.251 e. The van der Waals surface area contributed by atoms with E-state index in [2.05, 4.69) is 22.2 Å². The number of anilines is 1. The van der Waals surface area contributed by atoms with Crippen LogP contribution in [-0.4, -0.2) is 69.1 Å². The van der Waals surface area contributed by atoms with Crippen molar-refractivity contribution in [3.8, 4) is 5.75 Å². The number of nitrogens with one attached hydrogen (secondary N) is 1. The SMILES string of the molecule is COc1cc(C(=O)NCCN2CCN(C)CC2)ccc1N. The molecule has 116 valence electrons. The molecule has 0 spiro atoms. The first-order valence-corrected chi connectivity index (χ1v) is 7.23. The van der Waals surface area contributed by atoms with Gasteiger partial charge in [-0.15, -0.1) is 0 Å². The first kappa shape index (κ1) is 15.6. The number of methoxy groups -OCH3 is 1. The highest BCUT2D eigenvalue weighted by Crippen LogP contribution is 2.21. The predicted molar refractivity (Wildman–Crippen MR) is 83.7 cm³/mol. The summed E-state index contributed by atoms with van der Waals surface area (Å²) in [7, 11) is 3.67. The summed E-state index contributed by atoms with van der Waals surface area (Å²) in [6, 6.07) is 5.07. The Hall–Kier alpha value is -1.79. The third-order valence-electron chi connectivity index (χ3n) is 3.81. The topological polar surface area (TPSA) is 70.8 Å². The van der Waals surface area contributed by atoms with Gasteiger partial charge >= 0.3 is 0 Å². The van der Waals surface area contributed by atoms with Gasteiger partial charge in [0.25, 0.3) is 5.91 Å². The summed E-state index contributed by atoms with van der Waals surface area (Å²) < 4.78 is 5.13. The lowest BCUT2D eigenvalue weighted by Crippen LogP contribution is -2.46. The molecular weight excluding hydrogens is 268 g/mol. The molecule has 1 heterocycles. The van der Waals surface area contributed by atoms with Gasteiger partial charge in [-0.05, 0) is 25.2 Å².